The Kier molecular flexibility index (Phi) is 4.99. The standard InChI is InChI=1S/C14H21FN2O2/c1-2-19-14-9-11(3-4-13(14)18)12(10-15)17-7-5-16-6-8-17/h3-4,9,12,16,18H,2,5-8,10H2,1H3/t12-/m1/s1. The SMILES string of the molecule is CCOc1cc([C@@H](CF)N2CCNCC2)ccc1O. The first kappa shape index (κ1) is 14.1. The van der Waals surface area contributed by atoms with Gasteiger partial charge in [-0.05, 0) is 24.6 Å². The van der Waals surface area contributed by atoms with Crippen molar-refractivity contribution in [3.8, 4) is 11.5 Å². The minimum absolute atomic E-state index is 0.100. The first-order chi connectivity index (χ1) is 9.26. The van der Waals surface area contributed by atoms with Crippen molar-refractivity contribution in [1.29, 1.82) is 0 Å². The number of nitrogens with zero attached hydrogens (tertiary/aromatic N) is 1. The third kappa shape index (κ3) is 3.36. The van der Waals surface area contributed by atoms with Crippen LogP contribution in [-0.2, 0) is 0 Å². The summed E-state index contributed by atoms with van der Waals surface area (Å²) in [6.45, 7) is 5.33. The highest BCUT2D eigenvalue weighted by Gasteiger charge is 2.23. The van der Waals surface area contributed by atoms with Crippen LogP contribution in [0.25, 0.3) is 0 Å². The zero-order chi connectivity index (χ0) is 13.7. The van der Waals surface area contributed by atoms with E-state index in [1.807, 2.05) is 6.92 Å². The Hall–Kier alpha value is -1.33. The number of aromatic hydroxyl groups is 1. The number of alkyl halides is 1. The Labute approximate surface area is 113 Å². The van der Waals surface area contributed by atoms with Gasteiger partial charge in [0.15, 0.2) is 11.5 Å². The fourth-order valence-electron chi connectivity index (χ4n) is 2.40. The molecule has 0 unspecified atom stereocenters. The number of ether oxygens (including phenoxy) is 1. The molecule has 0 amide bonds. The minimum Gasteiger partial charge on any atom is -0.504 e. The zero-order valence-electron chi connectivity index (χ0n) is 11.2. The Morgan fingerprint density at radius 3 is 2.79 bits per heavy atom. The van der Waals surface area contributed by atoms with E-state index in [1.165, 1.54) is 0 Å². The normalized spacial score (nSPS) is 18.2. The molecule has 0 aromatic heterocycles. The second-order valence-corrected chi connectivity index (χ2v) is 4.62. The number of piperazine rings is 1. The molecule has 19 heavy (non-hydrogen) atoms. The molecule has 0 aliphatic carbocycles. The first-order valence-electron chi connectivity index (χ1n) is 6.72. The van der Waals surface area contributed by atoms with E-state index in [0.29, 0.717) is 12.4 Å². The molecule has 1 aliphatic heterocycles. The number of hydrogen-bond donors (Lipinski definition) is 2. The van der Waals surface area contributed by atoms with Gasteiger partial charge in [0.2, 0.25) is 0 Å². The van der Waals surface area contributed by atoms with Crippen LogP contribution in [0.3, 0.4) is 0 Å². The van der Waals surface area contributed by atoms with Crippen molar-refractivity contribution in [2.24, 2.45) is 0 Å². The van der Waals surface area contributed by atoms with Crippen LogP contribution in [-0.4, -0.2) is 49.5 Å². The quantitative estimate of drug-likeness (QED) is 0.853. The summed E-state index contributed by atoms with van der Waals surface area (Å²) in [5, 5.41) is 12.9. The molecular weight excluding hydrogens is 247 g/mol. The zero-order valence-corrected chi connectivity index (χ0v) is 11.2. The fraction of sp³-hybridized carbons (Fsp3) is 0.571. The van der Waals surface area contributed by atoms with Gasteiger partial charge in [-0.15, -0.1) is 0 Å². The van der Waals surface area contributed by atoms with Gasteiger partial charge in [0.1, 0.15) is 6.67 Å². The van der Waals surface area contributed by atoms with E-state index in [4.69, 9.17) is 4.74 Å². The number of phenolic OH excluding ortho intramolecular Hbond substituents is 1. The summed E-state index contributed by atoms with van der Waals surface area (Å²) in [6.07, 6.45) is 0. The van der Waals surface area contributed by atoms with Crippen LogP contribution in [0.5, 0.6) is 11.5 Å². The summed E-state index contributed by atoms with van der Waals surface area (Å²) < 4.78 is 18.7. The van der Waals surface area contributed by atoms with E-state index < -0.39 is 6.67 Å². The summed E-state index contributed by atoms with van der Waals surface area (Å²) in [6, 6.07) is 4.82. The highest BCUT2D eigenvalue weighted by molar-refractivity contribution is 5.42. The van der Waals surface area contributed by atoms with Crippen LogP contribution in [0.4, 0.5) is 4.39 Å². The molecule has 1 aliphatic rings. The van der Waals surface area contributed by atoms with Gasteiger partial charge >= 0.3 is 0 Å². The Morgan fingerprint density at radius 1 is 1.42 bits per heavy atom. The number of nitrogens with one attached hydrogen (secondary N) is 1. The number of phenols is 1. The Balaban J connectivity index is 2.19. The summed E-state index contributed by atoms with van der Waals surface area (Å²) in [5.74, 6) is 0.525. The second kappa shape index (κ2) is 6.73. The van der Waals surface area contributed by atoms with Crippen molar-refractivity contribution in [2.75, 3.05) is 39.5 Å². The molecule has 1 aromatic carbocycles. The third-order valence-corrected chi connectivity index (χ3v) is 3.41. The van der Waals surface area contributed by atoms with Gasteiger partial charge in [0.05, 0.1) is 12.6 Å². The average molecular weight is 268 g/mol. The summed E-state index contributed by atoms with van der Waals surface area (Å²) >= 11 is 0. The molecule has 5 heteroatoms. The molecule has 0 spiro atoms. The molecule has 106 valence electrons. The van der Waals surface area contributed by atoms with Gasteiger partial charge in [0, 0.05) is 26.2 Å². The second-order valence-electron chi connectivity index (χ2n) is 4.62. The van der Waals surface area contributed by atoms with Gasteiger partial charge in [-0.3, -0.25) is 4.90 Å². The fourth-order valence-corrected chi connectivity index (χ4v) is 2.40. The van der Waals surface area contributed by atoms with Crippen LogP contribution in [0, 0.1) is 0 Å². The van der Waals surface area contributed by atoms with Gasteiger partial charge in [-0.1, -0.05) is 6.07 Å². The number of benzene rings is 1. The number of halogens is 1. The van der Waals surface area contributed by atoms with Crippen molar-refractivity contribution in [2.45, 2.75) is 13.0 Å². The number of rotatable bonds is 5. The maximum Gasteiger partial charge on any atom is 0.161 e. The highest BCUT2D eigenvalue weighted by Crippen LogP contribution is 2.31. The lowest BCUT2D eigenvalue weighted by atomic mass is 10.0. The smallest absolute Gasteiger partial charge is 0.161 e. The van der Waals surface area contributed by atoms with E-state index in [2.05, 4.69) is 10.2 Å². The largest absolute Gasteiger partial charge is 0.504 e. The van der Waals surface area contributed by atoms with Crippen molar-refractivity contribution in [3.05, 3.63) is 23.8 Å². The molecule has 1 aromatic rings. The lowest BCUT2D eigenvalue weighted by Crippen LogP contribution is -2.45. The van der Waals surface area contributed by atoms with Crippen LogP contribution in [0.1, 0.15) is 18.5 Å². The van der Waals surface area contributed by atoms with E-state index in [-0.39, 0.29) is 11.8 Å². The molecule has 1 saturated heterocycles. The number of hydrogen-bond acceptors (Lipinski definition) is 4. The van der Waals surface area contributed by atoms with Crippen LogP contribution >= 0.6 is 0 Å². The van der Waals surface area contributed by atoms with Crippen LogP contribution in [0.15, 0.2) is 18.2 Å². The Morgan fingerprint density at radius 2 is 2.16 bits per heavy atom. The third-order valence-electron chi connectivity index (χ3n) is 3.41. The van der Waals surface area contributed by atoms with E-state index in [9.17, 15) is 9.50 Å². The molecule has 0 bridgehead atoms. The summed E-state index contributed by atoms with van der Waals surface area (Å²) in [4.78, 5) is 2.12. The van der Waals surface area contributed by atoms with Crippen molar-refractivity contribution >= 4 is 0 Å². The van der Waals surface area contributed by atoms with Crippen LogP contribution < -0.4 is 10.1 Å². The predicted octanol–water partition coefficient (Wildman–Crippen LogP) is 1.71. The molecule has 4 nitrogen and oxygen atoms in total. The van der Waals surface area contributed by atoms with Crippen molar-refractivity contribution in [3.63, 3.8) is 0 Å². The topological polar surface area (TPSA) is 44.7 Å². The minimum atomic E-state index is -0.434. The monoisotopic (exact) mass is 268 g/mol. The van der Waals surface area contributed by atoms with Crippen molar-refractivity contribution < 1.29 is 14.2 Å². The average Bonchev–Trinajstić information content (AvgIpc) is 2.44. The van der Waals surface area contributed by atoms with Gasteiger partial charge in [-0.25, -0.2) is 4.39 Å². The maximum absolute atomic E-state index is 13.4. The van der Waals surface area contributed by atoms with Gasteiger partial charge in [-0.2, -0.15) is 0 Å². The summed E-state index contributed by atoms with van der Waals surface area (Å²) in [5.41, 5.74) is 0.852. The first-order valence-corrected chi connectivity index (χ1v) is 6.72. The van der Waals surface area contributed by atoms with Crippen molar-refractivity contribution in [1.82, 2.24) is 10.2 Å². The van der Waals surface area contributed by atoms with E-state index in [1.54, 1.807) is 18.2 Å². The highest BCUT2D eigenvalue weighted by atomic mass is 19.1. The van der Waals surface area contributed by atoms with Crippen LogP contribution in [0.2, 0.25) is 0 Å². The Bertz CT molecular complexity index is 408. The predicted molar refractivity (Wildman–Crippen MR) is 72.4 cm³/mol. The molecule has 2 N–H and O–H groups in total. The molecule has 1 fully saturated rings. The van der Waals surface area contributed by atoms with E-state index >= 15 is 0 Å². The maximum atomic E-state index is 13.4. The molecule has 0 saturated carbocycles. The van der Waals surface area contributed by atoms with Gasteiger partial charge in [0.25, 0.3) is 0 Å². The lowest BCUT2D eigenvalue weighted by molar-refractivity contribution is 0.147. The molecule has 2 rings (SSSR count). The lowest BCUT2D eigenvalue weighted by Gasteiger charge is -2.33. The molecule has 0 radical (unpaired) electrons. The van der Waals surface area contributed by atoms with Gasteiger partial charge < -0.3 is 15.2 Å². The molecule has 1 heterocycles. The molecule has 1 atom stereocenters. The summed E-state index contributed by atoms with van der Waals surface area (Å²) in [7, 11) is 0. The van der Waals surface area contributed by atoms with E-state index in [0.717, 1.165) is 31.7 Å². The molecular formula is C14H21FN2O2.